The van der Waals surface area contributed by atoms with Gasteiger partial charge >= 0.3 is 0 Å². The van der Waals surface area contributed by atoms with Crippen LogP contribution in [0.1, 0.15) is 0 Å². The van der Waals surface area contributed by atoms with E-state index in [2.05, 4.69) is 15.0 Å². The second-order valence-electron chi connectivity index (χ2n) is 5.03. The van der Waals surface area contributed by atoms with Crippen molar-refractivity contribution in [3.05, 3.63) is 73.1 Å². The quantitative estimate of drug-likeness (QED) is 0.563. The summed E-state index contributed by atoms with van der Waals surface area (Å²) in [5, 5.41) is 0. The second-order valence-corrected chi connectivity index (χ2v) is 5.03. The molecule has 23 heavy (non-hydrogen) atoms. The molecule has 0 amide bonds. The average molecular weight is 302 g/mol. The van der Waals surface area contributed by atoms with Crippen molar-refractivity contribution in [2.24, 2.45) is 0 Å². The minimum atomic E-state index is -0.283. The number of rotatable bonds is 2. The number of fused-ring (bicyclic) bond motifs is 1. The Kier molecular flexibility index (Phi) is 3.24. The number of nitrogens with zero attached hydrogens (tertiary/aromatic N) is 4. The molecule has 0 N–H and O–H groups in total. The topological polar surface area (TPSA) is 51.6 Å². The number of pyridine rings is 2. The van der Waals surface area contributed by atoms with Crippen LogP contribution < -0.4 is 0 Å². The van der Waals surface area contributed by atoms with Gasteiger partial charge in [0.05, 0.1) is 23.1 Å². The largest absolute Gasteiger partial charge is 0.265 e. The summed E-state index contributed by atoms with van der Waals surface area (Å²) in [5.41, 5.74) is 4.60. The zero-order chi connectivity index (χ0) is 15.6. The van der Waals surface area contributed by atoms with E-state index in [4.69, 9.17) is 4.98 Å². The van der Waals surface area contributed by atoms with E-state index in [1.165, 1.54) is 12.1 Å². The van der Waals surface area contributed by atoms with Crippen LogP contribution in [0.5, 0.6) is 0 Å². The summed E-state index contributed by atoms with van der Waals surface area (Å²) in [6.45, 7) is 0. The first-order valence-corrected chi connectivity index (χ1v) is 7.09. The molecule has 0 atom stereocenters. The Bertz CT molecular complexity index is 969. The number of hydrogen-bond donors (Lipinski definition) is 0. The molecule has 0 saturated carbocycles. The van der Waals surface area contributed by atoms with Gasteiger partial charge in [-0.25, -0.2) is 14.4 Å². The maximum Gasteiger partial charge on any atom is 0.123 e. The van der Waals surface area contributed by atoms with E-state index in [-0.39, 0.29) is 5.82 Å². The standard InChI is InChI=1S/C18H11FN4/c19-14-3-1-12(2-4-14)17-18(13-5-8-20-9-6-13)22-15-7-10-21-11-16(15)23-17/h1-11H. The Balaban J connectivity index is 2.02. The van der Waals surface area contributed by atoms with E-state index in [1.54, 1.807) is 36.9 Å². The summed E-state index contributed by atoms with van der Waals surface area (Å²) in [5.74, 6) is -0.283. The number of benzene rings is 1. The lowest BCUT2D eigenvalue weighted by molar-refractivity contribution is 0.628. The summed E-state index contributed by atoms with van der Waals surface area (Å²) in [6.07, 6.45) is 6.78. The SMILES string of the molecule is Fc1ccc(-c2nc3cnccc3nc2-c2ccncc2)cc1. The Morgan fingerprint density at radius 3 is 1.96 bits per heavy atom. The third-order valence-corrected chi connectivity index (χ3v) is 3.54. The van der Waals surface area contributed by atoms with E-state index in [0.717, 1.165) is 22.3 Å². The second kappa shape index (κ2) is 5.53. The number of hydrogen-bond acceptors (Lipinski definition) is 4. The lowest BCUT2D eigenvalue weighted by Gasteiger charge is -2.10. The van der Waals surface area contributed by atoms with Crippen LogP contribution in [0, 0.1) is 5.82 Å². The highest BCUT2D eigenvalue weighted by Gasteiger charge is 2.13. The lowest BCUT2D eigenvalue weighted by Crippen LogP contribution is -1.96. The number of aromatic nitrogens is 4. The van der Waals surface area contributed by atoms with Gasteiger partial charge in [-0.05, 0) is 42.5 Å². The molecule has 4 rings (SSSR count). The Morgan fingerprint density at radius 1 is 0.609 bits per heavy atom. The first-order chi connectivity index (χ1) is 11.3. The third kappa shape index (κ3) is 2.53. The smallest absolute Gasteiger partial charge is 0.123 e. The third-order valence-electron chi connectivity index (χ3n) is 3.54. The molecule has 0 aliphatic rings. The fourth-order valence-electron chi connectivity index (χ4n) is 2.43. The Labute approximate surface area is 131 Å². The van der Waals surface area contributed by atoms with Gasteiger partial charge in [-0.15, -0.1) is 0 Å². The average Bonchev–Trinajstić information content (AvgIpc) is 2.62. The van der Waals surface area contributed by atoms with Crippen LogP contribution in [0.2, 0.25) is 0 Å². The summed E-state index contributed by atoms with van der Waals surface area (Å²) >= 11 is 0. The van der Waals surface area contributed by atoms with Crippen LogP contribution in [0.4, 0.5) is 4.39 Å². The molecule has 4 nitrogen and oxygen atoms in total. The molecule has 0 fully saturated rings. The van der Waals surface area contributed by atoms with E-state index >= 15 is 0 Å². The summed E-state index contributed by atoms with van der Waals surface area (Å²) < 4.78 is 13.2. The van der Waals surface area contributed by atoms with Crippen LogP contribution in [0.15, 0.2) is 67.3 Å². The minimum absolute atomic E-state index is 0.283. The van der Waals surface area contributed by atoms with Gasteiger partial charge in [-0.1, -0.05) is 0 Å². The predicted molar refractivity (Wildman–Crippen MR) is 86.0 cm³/mol. The molecule has 0 radical (unpaired) electrons. The van der Waals surface area contributed by atoms with Crippen molar-refractivity contribution in [1.82, 2.24) is 19.9 Å². The maximum absolute atomic E-state index is 13.2. The van der Waals surface area contributed by atoms with Crippen molar-refractivity contribution in [2.75, 3.05) is 0 Å². The van der Waals surface area contributed by atoms with Crippen LogP contribution in [0.25, 0.3) is 33.5 Å². The molecule has 0 bridgehead atoms. The van der Waals surface area contributed by atoms with E-state index in [9.17, 15) is 4.39 Å². The van der Waals surface area contributed by atoms with E-state index < -0.39 is 0 Å². The van der Waals surface area contributed by atoms with Crippen LogP contribution in [-0.2, 0) is 0 Å². The molecule has 3 aromatic heterocycles. The molecular formula is C18H11FN4. The van der Waals surface area contributed by atoms with Crippen molar-refractivity contribution >= 4 is 11.0 Å². The molecule has 110 valence electrons. The zero-order valence-corrected chi connectivity index (χ0v) is 12.0. The molecular weight excluding hydrogens is 291 g/mol. The lowest BCUT2D eigenvalue weighted by atomic mass is 10.0. The Hall–Kier alpha value is -3.21. The normalized spacial score (nSPS) is 10.8. The van der Waals surface area contributed by atoms with Gasteiger partial charge in [0.15, 0.2) is 0 Å². The monoisotopic (exact) mass is 302 g/mol. The minimum Gasteiger partial charge on any atom is -0.265 e. The van der Waals surface area contributed by atoms with Crippen LogP contribution >= 0.6 is 0 Å². The first-order valence-electron chi connectivity index (χ1n) is 7.09. The van der Waals surface area contributed by atoms with Gasteiger partial charge in [-0.2, -0.15) is 0 Å². The van der Waals surface area contributed by atoms with Gasteiger partial charge in [0, 0.05) is 29.7 Å². The molecule has 1 aromatic carbocycles. The summed E-state index contributed by atoms with van der Waals surface area (Å²) in [7, 11) is 0. The molecule has 0 saturated heterocycles. The highest BCUT2D eigenvalue weighted by Crippen LogP contribution is 2.30. The van der Waals surface area contributed by atoms with Crippen LogP contribution in [-0.4, -0.2) is 19.9 Å². The van der Waals surface area contributed by atoms with Crippen molar-refractivity contribution in [3.63, 3.8) is 0 Å². The molecule has 0 aliphatic carbocycles. The molecule has 5 heteroatoms. The summed E-state index contributed by atoms with van der Waals surface area (Å²) in [6, 6.07) is 11.8. The summed E-state index contributed by atoms with van der Waals surface area (Å²) in [4.78, 5) is 17.5. The Morgan fingerprint density at radius 2 is 1.22 bits per heavy atom. The van der Waals surface area contributed by atoms with E-state index in [0.29, 0.717) is 11.2 Å². The molecule has 0 spiro atoms. The highest BCUT2D eigenvalue weighted by atomic mass is 19.1. The van der Waals surface area contributed by atoms with Gasteiger partial charge in [-0.3, -0.25) is 9.97 Å². The molecule has 0 unspecified atom stereocenters. The van der Waals surface area contributed by atoms with Crippen LogP contribution in [0.3, 0.4) is 0 Å². The van der Waals surface area contributed by atoms with Crippen molar-refractivity contribution < 1.29 is 4.39 Å². The van der Waals surface area contributed by atoms with Crippen molar-refractivity contribution in [3.8, 4) is 22.5 Å². The molecule has 4 aromatic rings. The van der Waals surface area contributed by atoms with Gasteiger partial charge < -0.3 is 0 Å². The van der Waals surface area contributed by atoms with Gasteiger partial charge in [0.25, 0.3) is 0 Å². The predicted octanol–water partition coefficient (Wildman–Crippen LogP) is 3.89. The zero-order valence-electron chi connectivity index (χ0n) is 12.0. The number of halogens is 1. The van der Waals surface area contributed by atoms with Gasteiger partial charge in [0.1, 0.15) is 11.3 Å². The van der Waals surface area contributed by atoms with Crippen molar-refractivity contribution in [2.45, 2.75) is 0 Å². The maximum atomic E-state index is 13.2. The van der Waals surface area contributed by atoms with E-state index in [1.807, 2.05) is 18.2 Å². The fraction of sp³-hybridized carbons (Fsp3) is 0. The fourth-order valence-corrected chi connectivity index (χ4v) is 2.43. The van der Waals surface area contributed by atoms with Crippen molar-refractivity contribution in [1.29, 1.82) is 0 Å². The highest BCUT2D eigenvalue weighted by molar-refractivity contribution is 5.85. The van der Waals surface area contributed by atoms with Gasteiger partial charge in [0.2, 0.25) is 0 Å². The first kappa shape index (κ1) is 13.5. The molecule has 0 aliphatic heterocycles. The molecule has 3 heterocycles.